The van der Waals surface area contributed by atoms with Crippen molar-refractivity contribution in [2.45, 2.75) is 20.0 Å². The number of anilines is 1. The predicted octanol–water partition coefficient (Wildman–Crippen LogP) is 3.62. The van der Waals surface area contributed by atoms with E-state index in [1.54, 1.807) is 36.9 Å². The summed E-state index contributed by atoms with van der Waals surface area (Å²) in [6.45, 7) is 3.18. The van der Waals surface area contributed by atoms with Gasteiger partial charge in [0, 0.05) is 18.5 Å². The van der Waals surface area contributed by atoms with Crippen molar-refractivity contribution in [2.75, 3.05) is 5.32 Å². The number of amides is 1. The maximum Gasteiger partial charge on any atom is 0.331 e. The minimum atomic E-state index is -1.11. The van der Waals surface area contributed by atoms with Crippen molar-refractivity contribution in [1.29, 1.82) is 0 Å². The number of rotatable bonds is 6. The monoisotopic (exact) mass is 456 g/mol. The molecule has 0 fully saturated rings. The number of fused-ring (bicyclic) bond motifs is 1. The lowest BCUT2D eigenvalue weighted by Crippen LogP contribution is -2.31. The van der Waals surface area contributed by atoms with Crippen LogP contribution in [0.5, 0.6) is 0 Å². The van der Waals surface area contributed by atoms with Gasteiger partial charge in [0.2, 0.25) is 0 Å². The Balaban J connectivity index is 1.43. The summed E-state index contributed by atoms with van der Waals surface area (Å²) < 4.78 is 8.33. The lowest BCUT2D eigenvalue weighted by atomic mass is 10.2. The van der Waals surface area contributed by atoms with Gasteiger partial charge in [-0.2, -0.15) is 0 Å². The van der Waals surface area contributed by atoms with Gasteiger partial charge >= 0.3 is 5.97 Å². The van der Waals surface area contributed by atoms with Crippen molar-refractivity contribution in [3.05, 3.63) is 94.5 Å². The van der Waals surface area contributed by atoms with Gasteiger partial charge in [0.25, 0.3) is 11.5 Å². The van der Waals surface area contributed by atoms with E-state index >= 15 is 0 Å². The number of esters is 1. The van der Waals surface area contributed by atoms with Gasteiger partial charge in [-0.15, -0.1) is 0 Å². The number of nitrogens with zero attached hydrogens (tertiary/aromatic N) is 3. The fraction of sp³-hybridized carbons (Fsp3) is 0.154. The summed E-state index contributed by atoms with van der Waals surface area (Å²) in [4.78, 5) is 42.3. The molecule has 0 bridgehead atoms. The Bertz CT molecular complexity index is 1450. The molecule has 0 aliphatic rings. The van der Waals surface area contributed by atoms with Crippen LogP contribution in [0.15, 0.2) is 77.6 Å². The number of hydrogen-bond donors (Lipinski definition) is 1. The fourth-order valence-electron chi connectivity index (χ4n) is 3.53. The topological polar surface area (TPSA) is 95.2 Å². The second kappa shape index (κ2) is 9.58. The number of hydrogen-bond acceptors (Lipinski definition) is 5. The number of pyridine rings is 1. The van der Waals surface area contributed by atoms with Crippen molar-refractivity contribution in [2.24, 2.45) is 7.05 Å². The molecular formula is C26H24N4O4. The summed E-state index contributed by atoms with van der Waals surface area (Å²) in [5, 5.41) is 3.60. The molecule has 2 aromatic carbocycles. The molecule has 0 saturated carbocycles. The quantitative estimate of drug-likeness (QED) is 0.353. The summed E-state index contributed by atoms with van der Waals surface area (Å²) in [6.07, 6.45) is 1.64. The van der Waals surface area contributed by atoms with E-state index < -0.39 is 18.0 Å². The van der Waals surface area contributed by atoms with Crippen molar-refractivity contribution >= 4 is 34.5 Å². The zero-order valence-corrected chi connectivity index (χ0v) is 19.1. The zero-order chi connectivity index (χ0) is 24.2. The number of benzene rings is 2. The third-order valence-electron chi connectivity index (χ3n) is 5.47. The van der Waals surface area contributed by atoms with E-state index in [1.807, 2.05) is 48.5 Å². The van der Waals surface area contributed by atoms with Crippen LogP contribution in [0.25, 0.3) is 22.7 Å². The maximum absolute atomic E-state index is 12.9. The molecule has 4 rings (SSSR count). The molecule has 4 aromatic rings. The lowest BCUT2D eigenvalue weighted by Gasteiger charge is -2.11. The molecule has 8 heteroatoms. The number of carbonyl (C=O) groups excluding carboxylic acids is 2. The standard InChI is InChI=1S/C26H24N4O4/c1-17-24(26(33)30(29(17)3)21-10-5-4-6-11-21)28-25(32)18(2)34-23(31)16-15-20-14-13-19-9-7-8-12-22(19)27-20/h4-16,18H,1-3H3,(H,28,32)/b16-15+. The Morgan fingerprint density at radius 1 is 1.03 bits per heavy atom. The highest BCUT2D eigenvalue weighted by atomic mass is 16.5. The molecule has 8 nitrogen and oxygen atoms in total. The summed E-state index contributed by atoms with van der Waals surface area (Å²) >= 11 is 0. The van der Waals surface area contributed by atoms with Gasteiger partial charge in [0.1, 0.15) is 5.69 Å². The van der Waals surface area contributed by atoms with E-state index in [1.165, 1.54) is 23.8 Å². The Morgan fingerprint density at radius 3 is 2.50 bits per heavy atom. The molecule has 0 radical (unpaired) electrons. The fourth-order valence-corrected chi connectivity index (χ4v) is 3.53. The average molecular weight is 457 g/mol. The Hall–Kier alpha value is -4.46. The van der Waals surface area contributed by atoms with Crippen LogP contribution in [0, 0.1) is 6.92 Å². The van der Waals surface area contributed by atoms with E-state index in [2.05, 4.69) is 10.3 Å². The first kappa shape index (κ1) is 22.7. The highest BCUT2D eigenvalue weighted by Gasteiger charge is 2.22. The summed E-state index contributed by atoms with van der Waals surface area (Å²) in [5.41, 5.74) is 2.41. The minimum absolute atomic E-state index is 0.134. The lowest BCUT2D eigenvalue weighted by molar-refractivity contribution is -0.148. The zero-order valence-electron chi connectivity index (χ0n) is 19.1. The first-order valence-electron chi connectivity index (χ1n) is 10.7. The Kier molecular flexibility index (Phi) is 6.40. The van der Waals surface area contributed by atoms with E-state index in [-0.39, 0.29) is 11.2 Å². The van der Waals surface area contributed by atoms with E-state index in [9.17, 15) is 14.4 Å². The van der Waals surface area contributed by atoms with Crippen molar-refractivity contribution in [3.63, 3.8) is 0 Å². The predicted molar refractivity (Wildman–Crippen MR) is 131 cm³/mol. The highest BCUT2D eigenvalue weighted by molar-refractivity contribution is 5.97. The van der Waals surface area contributed by atoms with Gasteiger partial charge in [0.15, 0.2) is 6.10 Å². The van der Waals surface area contributed by atoms with Gasteiger partial charge in [-0.3, -0.25) is 14.3 Å². The van der Waals surface area contributed by atoms with Crippen LogP contribution >= 0.6 is 0 Å². The van der Waals surface area contributed by atoms with Crippen LogP contribution in [0.1, 0.15) is 18.3 Å². The molecule has 0 aliphatic heterocycles. The molecule has 1 unspecified atom stereocenters. The Labute approximate surface area is 196 Å². The van der Waals surface area contributed by atoms with Crippen molar-refractivity contribution in [1.82, 2.24) is 14.3 Å². The van der Waals surface area contributed by atoms with Gasteiger partial charge in [-0.25, -0.2) is 14.5 Å². The Morgan fingerprint density at radius 2 is 1.74 bits per heavy atom. The highest BCUT2D eigenvalue weighted by Crippen LogP contribution is 2.15. The minimum Gasteiger partial charge on any atom is -0.449 e. The molecule has 1 N–H and O–H groups in total. The first-order chi connectivity index (χ1) is 16.3. The summed E-state index contributed by atoms with van der Waals surface area (Å²) in [6, 6.07) is 20.5. The molecule has 172 valence electrons. The molecule has 2 heterocycles. The van der Waals surface area contributed by atoms with Crippen LogP contribution in [0.3, 0.4) is 0 Å². The van der Waals surface area contributed by atoms with Gasteiger partial charge in [0.05, 0.1) is 22.6 Å². The number of nitrogens with one attached hydrogen (secondary N) is 1. The largest absolute Gasteiger partial charge is 0.449 e. The molecule has 34 heavy (non-hydrogen) atoms. The molecule has 1 atom stereocenters. The molecule has 2 aromatic heterocycles. The van der Waals surface area contributed by atoms with Gasteiger partial charge in [-0.1, -0.05) is 42.5 Å². The number of ether oxygens (including phenoxy) is 1. The van der Waals surface area contributed by atoms with Crippen LogP contribution in [-0.4, -0.2) is 32.3 Å². The van der Waals surface area contributed by atoms with Crippen LogP contribution < -0.4 is 10.9 Å². The number of aromatic nitrogens is 3. The van der Waals surface area contributed by atoms with Crippen molar-refractivity contribution < 1.29 is 14.3 Å². The second-order valence-electron chi connectivity index (χ2n) is 7.77. The molecule has 1 amide bonds. The summed E-state index contributed by atoms with van der Waals surface area (Å²) in [7, 11) is 1.73. The summed E-state index contributed by atoms with van der Waals surface area (Å²) in [5.74, 6) is -1.29. The van der Waals surface area contributed by atoms with Gasteiger partial charge < -0.3 is 10.1 Å². The van der Waals surface area contributed by atoms with E-state index in [4.69, 9.17) is 4.74 Å². The third kappa shape index (κ3) is 4.66. The van der Waals surface area contributed by atoms with Crippen LogP contribution in [0.4, 0.5) is 5.69 Å². The molecular weight excluding hydrogens is 432 g/mol. The SMILES string of the molecule is Cc1c(NC(=O)C(C)OC(=O)/C=C/c2ccc3ccccc3n2)c(=O)n(-c2ccccc2)n1C. The molecule has 0 spiro atoms. The number of para-hydroxylation sites is 2. The van der Waals surface area contributed by atoms with Crippen molar-refractivity contribution in [3.8, 4) is 5.69 Å². The van der Waals surface area contributed by atoms with Crippen LogP contribution in [0.2, 0.25) is 0 Å². The van der Waals surface area contributed by atoms with Gasteiger partial charge in [-0.05, 0) is 44.2 Å². The van der Waals surface area contributed by atoms with Crippen LogP contribution in [-0.2, 0) is 21.4 Å². The van der Waals surface area contributed by atoms with E-state index in [0.29, 0.717) is 17.1 Å². The average Bonchev–Trinajstić information content (AvgIpc) is 3.06. The molecule has 0 saturated heterocycles. The number of carbonyl (C=O) groups is 2. The first-order valence-corrected chi connectivity index (χ1v) is 10.7. The third-order valence-corrected chi connectivity index (χ3v) is 5.47. The smallest absolute Gasteiger partial charge is 0.331 e. The molecule has 0 aliphatic carbocycles. The normalized spacial score (nSPS) is 12.1. The van der Waals surface area contributed by atoms with E-state index in [0.717, 1.165) is 10.9 Å². The second-order valence-corrected chi connectivity index (χ2v) is 7.77. The maximum atomic E-state index is 12.9.